The van der Waals surface area contributed by atoms with Gasteiger partial charge in [-0.2, -0.15) is 4.31 Å². The zero-order chi connectivity index (χ0) is 27.0. The topological polar surface area (TPSA) is 81.2 Å². The van der Waals surface area contributed by atoms with Crippen LogP contribution in [0.15, 0.2) is 45.8 Å². The molecular weight excluding hydrogens is 575 g/mol. The predicted octanol–water partition coefficient (Wildman–Crippen LogP) is 3.64. The van der Waals surface area contributed by atoms with Crippen molar-refractivity contribution in [2.75, 3.05) is 55.6 Å². The molecule has 3 heterocycles. The van der Waals surface area contributed by atoms with Crippen LogP contribution in [0.1, 0.15) is 31.7 Å². The van der Waals surface area contributed by atoms with Crippen LogP contribution in [-0.2, 0) is 26.0 Å². The van der Waals surface area contributed by atoms with Crippen molar-refractivity contribution in [3.63, 3.8) is 0 Å². The van der Waals surface area contributed by atoms with Gasteiger partial charge in [-0.15, -0.1) is 0 Å². The molecule has 8 nitrogen and oxygen atoms in total. The first-order valence-electron chi connectivity index (χ1n) is 13.1. The molecule has 2 aromatic carbocycles. The Kier molecular flexibility index (Phi) is 7.79. The number of benzene rings is 2. The van der Waals surface area contributed by atoms with Crippen LogP contribution in [0.5, 0.6) is 0 Å². The minimum absolute atomic E-state index is 0.0341. The van der Waals surface area contributed by atoms with E-state index in [0.29, 0.717) is 80.8 Å². The average molecular weight is 608 g/mol. The molecule has 2 fully saturated rings. The first-order valence-corrected chi connectivity index (χ1v) is 15.3. The summed E-state index contributed by atoms with van der Waals surface area (Å²) >= 11 is 3.45. The molecule has 11 heteroatoms. The lowest BCUT2D eigenvalue weighted by Gasteiger charge is -2.39. The molecule has 2 amide bonds. The summed E-state index contributed by atoms with van der Waals surface area (Å²) in [7, 11) is -3.89. The van der Waals surface area contributed by atoms with Crippen LogP contribution in [0, 0.1) is 11.7 Å². The number of para-hydroxylation sites is 1. The van der Waals surface area contributed by atoms with E-state index in [1.807, 2.05) is 4.90 Å². The van der Waals surface area contributed by atoms with Gasteiger partial charge >= 0.3 is 0 Å². The molecule has 0 radical (unpaired) electrons. The molecule has 3 aliphatic heterocycles. The third kappa shape index (κ3) is 5.08. The van der Waals surface area contributed by atoms with Crippen LogP contribution in [0.3, 0.4) is 0 Å². The molecule has 0 aliphatic carbocycles. The molecule has 0 bridgehead atoms. The number of halogens is 2. The minimum atomic E-state index is -3.89. The Morgan fingerprint density at radius 2 is 1.76 bits per heavy atom. The van der Waals surface area contributed by atoms with E-state index in [2.05, 4.69) is 15.9 Å². The van der Waals surface area contributed by atoms with Gasteiger partial charge in [0.1, 0.15) is 5.82 Å². The highest BCUT2D eigenvalue weighted by Crippen LogP contribution is 2.38. The Balaban J connectivity index is 1.28. The number of nitrogens with zero attached hydrogens (tertiary/aromatic N) is 4. The summed E-state index contributed by atoms with van der Waals surface area (Å²) < 4.78 is 43.6. The number of fused-ring (bicyclic) bond motifs is 1. The van der Waals surface area contributed by atoms with Crippen LogP contribution in [0.25, 0.3) is 0 Å². The molecular formula is C27H32BrFN4O4S. The number of sulfonamides is 1. The number of hydrogen-bond donors (Lipinski definition) is 0. The quantitative estimate of drug-likeness (QED) is 0.519. The lowest BCUT2D eigenvalue weighted by atomic mass is 9.97. The van der Waals surface area contributed by atoms with E-state index < -0.39 is 15.9 Å². The monoisotopic (exact) mass is 606 g/mol. The molecule has 0 N–H and O–H groups in total. The number of hydrogen-bond acceptors (Lipinski definition) is 5. The van der Waals surface area contributed by atoms with Crippen LogP contribution < -0.4 is 9.80 Å². The van der Waals surface area contributed by atoms with Crippen molar-refractivity contribution in [2.24, 2.45) is 5.92 Å². The van der Waals surface area contributed by atoms with Crippen LogP contribution in [0.4, 0.5) is 15.8 Å². The molecule has 1 unspecified atom stereocenters. The third-order valence-corrected chi connectivity index (χ3v) is 10.6. The van der Waals surface area contributed by atoms with Crippen molar-refractivity contribution >= 4 is 49.1 Å². The average Bonchev–Trinajstić information content (AvgIpc) is 3.35. The zero-order valence-corrected chi connectivity index (χ0v) is 23.8. The van der Waals surface area contributed by atoms with Gasteiger partial charge in [0.25, 0.3) is 0 Å². The number of amides is 2. The van der Waals surface area contributed by atoms with E-state index in [9.17, 15) is 22.4 Å². The summed E-state index contributed by atoms with van der Waals surface area (Å²) in [5.74, 6) is -0.788. The van der Waals surface area contributed by atoms with Crippen molar-refractivity contribution in [1.82, 2.24) is 9.21 Å². The first-order chi connectivity index (χ1) is 18.2. The summed E-state index contributed by atoms with van der Waals surface area (Å²) in [4.78, 5) is 31.3. The molecule has 0 saturated carbocycles. The van der Waals surface area contributed by atoms with Crippen LogP contribution >= 0.6 is 15.9 Å². The Hall–Kier alpha value is -2.50. The maximum absolute atomic E-state index is 14.2. The van der Waals surface area contributed by atoms with Crippen molar-refractivity contribution in [2.45, 2.75) is 37.5 Å². The Bertz CT molecular complexity index is 1350. The molecule has 2 aromatic rings. The summed E-state index contributed by atoms with van der Waals surface area (Å²) in [5.41, 5.74) is 2.13. The molecule has 2 saturated heterocycles. The number of piperazine rings is 1. The highest BCUT2D eigenvalue weighted by atomic mass is 79.9. The lowest BCUT2D eigenvalue weighted by molar-refractivity contribution is -0.137. The maximum Gasteiger partial charge on any atom is 0.244 e. The molecule has 0 aromatic heterocycles. The van der Waals surface area contributed by atoms with Gasteiger partial charge in [-0.05, 0) is 65.0 Å². The minimum Gasteiger partial charge on any atom is -0.366 e. The SMILES string of the molecule is CCC(=O)N1CCc2cc(Br)c(S(=O)(=O)N3CCCC(C(=O)N4CCN(c5ccccc5F)CC4)C3)cc21. The normalized spacial score (nSPS) is 20.5. The Morgan fingerprint density at radius 1 is 1.03 bits per heavy atom. The fourth-order valence-corrected chi connectivity index (χ4v) is 8.27. The molecule has 0 spiro atoms. The Morgan fingerprint density at radius 3 is 2.47 bits per heavy atom. The molecule has 204 valence electrons. The van der Waals surface area contributed by atoms with E-state index in [1.165, 1.54) is 10.4 Å². The van der Waals surface area contributed by atoms with Gasteiger partial charge in [0, 0.05) is 62.4 Å². The maximum atomic E-state index is 14.2. The van der Waals surface area contributed by atoms with Gasteiger partial charge in [0.2, 0.25) is 21.8 Å². The van der Waals surface area contributed by atoms with Crippen molar-refractivity contribution in [3.05, 3.63) is 52.3 Å². The fraction of sp³-hybridized carbons (Fsp3) is 0.481. The van der Waals surface area contributed by atoms with Gasteiger partial charge in [0.05, 0.1) is 16.5 Å². The van der Waals surface area contributed by atoms with Gasteiger partial charge in [-0.25, -0.2) is 12.8 Å². The van der Waals surface area contributed by atoms with Gasteiger partial charge in [0.15, 0.2) is 0 Å². The molecule has 38 heavy (non-hydrogen) atoms. The second-order valence-corrected chi connectivity index (χ2v) is 12.8. The van der Waals surface area contributed by atoms with E-state index in [4.69, 9.17) is 0 Å². The summed E-state index contributed by atoms with van der Waals surface area (Å²) in [6.45, 7) is 4.78. The predicted molar refractivity (Wildman–Crippen MR) is 147 cm³/mol. The van der Waals surface area contributed by atoms with Gasteiger partial charge in [-0.3, -0.25) is 9.59 Å². The number of rotatable bonds is 5. The van der Waals surface area contributed by atoms with Crippen LogP contribution in [0.2, 0.25) is 0 Å². The largest absolute Gasteiger partial charge is 0.366 e. The van der Waals surface area contributed by atoms with Gasteiger partial charge in [-0.1, -0.05) is 19.1 Å². The number of anilines is 2. The molecule has 1 atom stereocenters. The van der Waals surface area contributed by atoms with E-state index >= 15 is 0 Å². The zero-order valence-electron chi connectivity index (χ0n) is 21.4. The number of carbonyl (C=O) groups is 2. The number of carbonyl (C=O) groups excluding carboxylic acids is 2. The highest BCUT2D eigenvalue weighted by Gasteiger charge is 2.38. The highest BCUT2D eigenvalue weighted by molar-refractivity contribution is 9.10. The summed E-state index contributed by atoms with van der Waals surface area (Å²) in [5, 5.41) is 0. The third-order valence-electron chi connectivity index (χ3n) is 7.77. The Labute approximate surface area is 231 Å². The van der Waals surface area contributed by atoms with Crippen LogP contribution in [-0.4, -0.2) is 75.3 Å². The fourth-order valence-electron chi connectivity index (χ4n) is 5.67. The first kappa shape index (κ1) is 27.1. The van der Waals surface area contributed by atoms with Crippen molar-refractivity contribution < 1.29 is 22.4 Å². The second-order valence-electron chi connectivity index (χ2n) is 10.0. The lowest BCUT2D eigenvalue weighted by Crippen LogP contribution is -2.53. The number of piperidine rings is 1. The van der Waals surface area contributed by atoms with E-state index in [0.717, 1.165) is 5.56 Å². The smallest absolute Gasteiger partial charge is 0.244 e. The van der Waals surface area contributed by atoms with Crippen molar-refractivity contribution in [1.29, 1.82) is 0 Å². The summed E-state index contributed by atoms with van der Waals surface area (Å²) in [6, 6.07) is 10.0. The standard InChI is InChI=1S/C27H32BrFN4O4S/c1-2-26(34)33-11-9-19-16-21(28)25(17-24(19)33)38(36,37)32-10-5-6-20(18-32)27(35)31-14-12-30(13-15-31)23-8-4-3-7-22(23)29/h3-4,7-8,16-17,20H,2,5-6,9-15,18H2,1H3. The molecule has 3 aliphatic rings. The van der Waals surface area contributed by atoms with E-state index in [1.54, 1.807) is 47.1 Å². The molecule has 5 rings (SSSR count). The van der Waals surface area contributed by atoms with Gasteiger partial charge < -0.3 is 14.7 Å². The second kappa shape index (κ2) is 10.9. The van der Waals surface area contributed by atoms with Crippen molar-refractivity contribution in [3.8, 4) is 0 Å². The summed E-state index contributed by atoms with van der Waals surface area (Å²) in [6.07, 6.45) is 2.25. The van der Waals surface area contributed by atoms with E-state index in [-0.39, 0.29) is 29.1 Å².